The summed E-state index contributed by atoms with van der Waals surface area (Å²) in [6.45, 7) is 21.0. The third-order valence-electron chi connectivity index (χ3n) is 8.22. The molecule has 0 aromatic rings. The number of hydrogen-bond donors (Lipinski definition) is 2. The molecule has 1 amide bonds. The van der Waals surface area contributed by atoms with Gasteiger partial charge in [0, 0.05) is 20.8 Å². The quantitative estimate of drug-likeness (QED) is 0.225. The molecule has 0 spiro atoms. The second-order valence-electron chi connectivity index (χ2n) is 18.0. The topological polar surface area (TPSA) is 235 Å². The van der Waals surface area contributed by atoms with E-state index in [2.05, 4.69) is 5.32 Å². The van der Waals surface area contributed by atoms with Crippen molar-refractivity contribution in [1.29, 1.82) is 0 Å². The van der Waals surface area contributed by atoms with E-state index >= 15 is 0 Å². The van der Waals surface area contributed by atoms with Crippen LogP contribution in [0.3, 0.4) is 0 Å². The van der Waals surface area contributed by atoms with E-state index in [1.165, 1.54) is 0 Å². The third kappa shape index (κ3) is 13.7. The van der Waals surface area contributed by atoms with Gasteiger partial charge in [0.05, 0.1) is 21.7 Å². The molecular formula is C38H61NO17. The zero-order chi connectivity index (χ0) is 43.3. The molecule has 0 saturated carbocycles. The van der Waals surface area contributed by atoms with Crippen molar-refractivity contribution in [3.8, 4) is 0 Å². The van der Waals surface area contributed by atoms with Crippen LogP contribution in [0.1, 0.15) is 104 Å². The fraction of sp³-hybridized carbons (Fsp3) is 0.816. The number of aliphatic hydroxyl groups excluding tert-OH is 1. The molecule has 2 fully saturated rings. The largest absolute Gasteiger partial charge is 0.462 e. The molecule has 0 aromatic heterocycles. The highest BCUT2D eigenvalue weighted by molar-refractivity contribution is 5.77. The molecule has 18 heteroatoms. The predicted octanol–water partition coefficient (Wildman–Crippen LogP) is 2.28. The number of carbonyl (C=O) groups excluding carboxylic acids is 7. The first kappa shape index (κ1) is 48.3. The molecule has 2 heterocycles. The Balaban J connectivity index is 2.88. The van der Waals surface area contributed by atoms with Gasteiger partial charge in [-0.3, -0.25) is 33.6 Å². The molecule has 320 valence electrons. The first-order valence-corrected chi connectivity index (χ1v) is 18.4. The first-order chi connectivity index (χ1) is 25.3. The summed E-state index contributed by atoms with van der Waals surface area (Å²) in [7, 11) is 0. The summed E-state index contributed by atoms with van der Waals surface area (Å²) in [6, 6.07) is -1.49. The van der Waals surface area contributed by atoms with E-state index in [0.29, 0.717) is 0 Å². The second kappa shape index (κ2) is 18.6. The van der Waals surface area contributed by atoms with Gasteiger partial charge < -0.3 is 53.1 Å². The van der Waals surface area contributed by atoms with Crippen LogP contribution in [-0.4, -0.2) is 121 Å². The normalized spacial score (nSPS) is 28.6. The van der Waals surface area contributed by atoms with Crippen LogP contribution in [0, 0.1) is 21.7 Å². The Hall–Kier alpha value is -3.87. The van der Waals surface area contributed by atoms with Gasteiger partial charge in [-0.25, -0.2) is 0 Å². The third-order valence-corrected chi connectivity index (χ3v) is 8.22. The molecule has 18 nitrogen and oxygen atoms in total. The van der Waals surface area contributed by atoms with E-state index in [1.54, 1.807) is 83.1 Å². The molecular weight excluding hydrogens is 742 g/mol. The highest BCUT2D eigenvalue weighted by Crippen LogP contribution is 2.36. The van der Waals surface area contributed by atoms with Crippen molar-refractivity contribution < 1.29 is 81.3 Å². The monoisotopic (exact) mass is 803 g/mol. The maximum absolute atomic E-state index is 13.5. The standard InChI is InChI=1S/C38H61NO17/c1-18(40)39-23-26(55-33(46)37(10,11)12)24(21(52-29(23)43)16-48-31(44)35(4,5)6)54-30-28(51-20(3)42)27(56-34(47)38(13,14)15)25(50-19(2)41)22(53-30)17-49-32(45)36(7,8)9/h21-30,43H,16-17H2,1-15H3,(H,39,40)/t21-,22-,23-,24-,25-,26-,27+,28+,29-,30+/m1/s1. The molecule has 2 rings (SSSR count). The van der Waals surface area contributed by atoms with E-state index in [1.807, 2.05) is 0 Å². The first-order valence-electron chi connectivity index (χ1n) is 18.4. The van der Waals surface area contributed by atoms with Gasteiger partial charge in [-0.1, -0.05) is 0 Å². The van der Waals surface area contributed by atoms with Gasteiger partial charge in [0.1, 0.15) is 37.6 Å². The Kier molecular flexibility index (Phi) is 16.0. The van der Waals surface area contributed by atoms with E-state index < -0.39 is 138 Å². The van der Waals surface area contributed by atoms with Gasteiger partial charge in [0.15, 0.2) is 37.0 Å². The fourth-order valence-electron chi connectivity index (χ4n) is 5.16. The molecule has 2 aliphatic rings. The van der Waals surface area contributed by atoms with Gasteiger partial charge in [0.25, 0.3) is 0 Å². The highest BCUT2D eigenvalue weighted by atomic mass is 16.8. The summed E-state index contributed by atoms with van der Waals surface area (Å²) in [5.74, 6) is -5.39. The zero-order valence-electron chi connectivity index (χ0n) is 35.2. The summed E-state index contributed by atoms with van der Waals surface area (Å²) in [4.78, 5) is 90.4. The van der Waals surface area contributed by atoms with Crippen molar-refractivity contribution in [1.82, 2.24) is 5.32 Å². The predicted molar refractivity (Wildman–Crippen MR) is 193 cm³/mol. The van der Waals surface area contributed by atoms with E-state index in [-0.39, 0.29) is 0 Å². The number of ether oxygens (including phenoxy) is 9. The molecule has 10 atom stereocenters. The maximum Gasteiger partial charge on any atom is 0.311 e. The lowest BCUT2D eigenvalue weighted by molar-refractivity contribution is -0.348. The Morgan fingerprint density at radius 3 is 1.30 bits per heavy atom. The Morgan fingerprint density at radius 2 is 0.911 bits per heavy atom. The average Bonchev–Trinajstić information content (AvgIpc) is 3.01. The Labute approximate surface area is 328 Å². The number of carbonyl (C=O) groups is 7. The van der Waals surface area contributed by atoms with Crippen molar-refractivity contribution in [2.75, 3.05) is 13.2 Å². The van der Waals surface area contributed by atoms with Gasteiger partial charge >= 0.3 is 35.8 Å². The lowest BCUT2D eigenvalue weighted by Crippen LogP contribution is -2.69. The number of hydrogen-bond acceptors (Lipinski definition) is 17. The molecule has 2 N–H and O–H groups in total. The van der Waals surface area contributed by atoms with E-state index in [0.717, 1.165) is 20.8 Å². The van der Waals surface area contributed by atoms with Crippen molar-refractivity contribution in [2.24, 2.45) is 21.7 Å². The Bertz CT molecular complexity index is 1450. The lowest BCUT2D eigenvalue weighted by atomic mass is 9.93. The summed E-state index contributed by atoms with van der Waals surface area (Å²) >= 11 is 0. The number of nitrogens with one attached hydrogen (secondary N) is 1. The van der Waals surface area contributed by atoms with Gasteiger partial charge in [-0.15, -0.1) is 0 Å². The fourth-order valence-corrected chi connectivity index (χ4v) is 5.16. The summed E-state index contributed by atoms with van der Waals surface area (Å²) in [5, 5.41) is 13.7. The molecule has 0 bridgehead atoms. The zero-order valence-corrected chi connectivity index (χ0v) is 35.2. The van der Waals surface area contributed by atoms with Crippen molar-refractivity contribution in [3.05, 3.63) is 0 Å². The average molecular weight is 804 g/mol. The number of rotatable bonds is 11. The van der Waals surface area contributed by atoms with Crippen LogP contribution >= 0.6 is 0 Å². The van der Waals surface area contributed by atoms with Crippen LogP contribution in [-0.2, 0) is 76.2 Å². The maximum atomic E-state index is 13.5. The second-order valence-corrected chi connectivity index (χ2v) is 18.0. The highest BCUT2D eigenvalue weighted by Gasteiger charge is 2.57. The van der Waals surface area contributed by atoms with E-state index in [4.69, 9.17) is 42.6 Å². The smallest absolute Gasteiger partial charge is 0.311 e. The van der Waals surface area contributed by atoms with Gasteiger partial charge in [-0.05, 0) is 83.1 Å². The lowest BCUT2D eigenvalue weighted by Gasteiger charge is -2.49. The SMILES string of the molecule is CC(=O)N[C@@H]1[C@@H](OC(=O)C(C)(C)C)[C@H](O[C@@H]2O[C@H](COC(=O)C(C)(C)C)[C@@H](OC(C)=O)[C@H](OC(=O)C(C)(C)C)[C@@H]2OC(C)=O)[C@@H](COC(=O)C(C)(C)C)O[C@H]1O. The van der Waals surface area contributed by atoms with Crippen LogP contribution in [0.15, 0.2) is 0 Å². The van der Waals surface area contributed by atoms with Crippen LogP contribution in [0.2, 0.25) is 0 Å². The van der Waals surface area contributed by atoms with Crippen LogP contribution in [0.25, 0.3) is 0 Å². The summed E-state index contributed by atoms with van der Waals surface area (Å²) in [6.07, 6.45) is -14.8. The minimum absolute atomic E-state index is 0.590. The number of esters is 6. The molecule has 0 aromatic carbocycles. The van der Waals surface area contributed by atoms with Crippen LogP contribution in [0.4, 0.5) is 0 Å². The van der Waals surface area contributed by atoms with E-state index in [9.17, 15) is 38.7 Å². The van der Waals surface area contributed by atoms with Crippen LogP contribution in [0.5, 0.6) is 0 Å². The molecule has 0 radical (unpaired) electrons. The molecule has 2 saturated heterocycles. The van der Waals surface area contributed by atoms with Crippen molar-refractivity contribution in [3.63, 3.8) is 0 Å². The molecule has 0 aliphatic carbocycles. The molecule has 2 aliphatic heterocycles. The molecule has 56 heavy (non-hydrogen) atoms. The summed E-state index contributed by atoms with van der Waals surface area (Å²) in [5.41, 5.74) is -4.24. The number of aliphatic hydroxyl groups is 1. The molecule has 0 unspecified atom stereocenters. The number of amides is 1. The Morgan fingerprint density at radius 1 is 0.518 bits per heavy atom. The van der Waals surface area contributed by atoms with Gasteiger partial charge in [0.2, 0.25) is 5.91 Å². The summed E-state index contributed by atoms with van der Waals surface area (Å²) < 4.78 is 52.8. The van der Waals surface area contributed by atoms with Crippen LogP contribution < -0.4 is 5.32 Å². The minimum Gasteiger partial charge on any atom is -0.462 e. The minimum atomic E-state index is -1.84. The van der Waals surface area contributed by atoms with Crippen molar-refractivity contribution in [2.45, 2.75) is 165 Å². The van der Waals surface area contributed by atoms with Gasteiger partial charge in [-0.2, -0.15) is 0 Å². The van der Waals surface area contributed by atoms with Crippen molar-refractivity contribution >= 4 is 41.7 Å².